The van der Waals surface area contributed by atoms with Gasteiger partial charge in [0.05, 0.1) is 18.2 Å². The molecule has 0 bridgehead atoms. The van der Waals surface area contributed by atoms with Gasteiger partial charge < -0.3 is 14.6 Å². The number of nitrogens with zero attached hydrogens (tertiary/aromatic N) is 2. The van der Waals surface area contributed by atoms with Crippen molar-refractivity contribution in [2.45, 2.75) is 69.9 Å². The van der Waals surface area contributed by atoms with Crippen molar-refractivity contribution >= 4 is 0 Å². The van der Waals surface area contributed by atoms with Crippen LogP contribution in [-0.4, -0.2) is 29.4 Å². The molecule has 0 amide bonds. The first-order chi connectivity index (χ1) is 9.78. The van der Waals surface area contributed by atoms with E-state index in [1.165, 1.54) is 38.5 Å². The highest BCUT2D eigenvalue weighted by Crippen LogP contribution is 2.35. The van der Waals surface area contributed by atoms with Gasteiger partial charge in [0, 0.05) is 13.5 Å². The highest BCUT2D eigenvalue weighted by molar-refractivity contribution is 5.06. The van der Waals surface area contributed by atoms with Gasteiger partial charge in [-0.05, 0) is 32.1 Å². The Balaban J connectivity index is 1.57. The summed E-state index contributed by atoms with van der Waals surface area (Å²) in [6.07, 6.45) is 10.2. The average molecular weight is 279 g/mol. The molecule has 5 nitrogen and oxygen atoms in total. The Kier molecular flexibility index (Phi) is 4.36. The molecule has 1 aromatic heterocycles. The van der Waals surface area contributed by atoms with E-state index in [2.05, 4.69) is 15.5 Å². The Morgan fingerprint density at radius 2 is 2.05 bits per heavy atom. The number of aromatic nitrogens is 2. The second-order valence-electron chi connectivity index (χ2n) is 6.13. The molecule has 0 aliphatic heterocycles. The van der Waals surface area contributed by atoms with Crippen molar-refractivity contribution in [3.8, 4) is 0 Å². The summed E-state index contributed by atoms with van der Waals surface area (Å²) >= 11 is 0. The zero-order chi connectivity index (χ0) is 13.8. The third kappa shape index (κ3) is 3.04. The van der Waals surface area contributed by atoms with Gasteiger partial charge in [-0.2, -0.15) is 4.98 Å². The van der Waals surface area contributed by atoms with E-state index in [4.69, 9.17) is 9.26 Å². The number of aryl methyl sites for hydroxylation is 1. The van der Waals surface area contributed by atoms with Crippen molar-refractivity contribution in [1.29, 1.82) is 0 Å². The van der Waals surface area contributed by atoms with E-state index in [1.807, 2.05) is 6.92 Å². The van der Waals surface area contributed by atoms with Crippen molar-refractivity contribution in [2.24, 2.45) is 0 Å². The molecule has 2 aliphatic carbocycles. The van der Waals surface area contributed by atoms with Gasteiger partial charge in [0.2, 0.25) is 5.89 Å². The molecule has 2 aliphatic rings. The summed E-state index contributed by atoms with van der Waals surface area (Å²) in [6.45, 7) is 3.50. The first-order valence-corrected chi connectivity index (χ1v) is 7.96. The van der Waals surface area contributed by atoms with Crippen LogP contribution in [0.5, 0.6) is 0 Å². The summed E-state index contributed by atoms with van der Waals surface area (Å²) in [6, 6.07) is 0. The summed E-state index contributed by atoms with van der Waals surface area (Å²) in [5.41, 5.74) is -0.0982. The minimum absolute atomic E-state index is 0.0982. The van der Waals surface area contributed by atoms with Crippen molar-refractivity contribution < 1.29 is 9.26 Å². The Morgan fingerprint density at radius 1 is 1.25 bits per heavy atom. The topological polar surface area (TPSA) is 60.2 Å². The van der Waals surface area contributed by atoms with Gasteiger partial charge in [-0.3, -0.25) is 0 Å². The number of hydrogen-bond donors (Lipinski definition) is 1. The second-order valence-corrected chi connectivity index (χ2v) is 6.13. The fourth-order valence-electron chi connectivity index (χ4n) is 3.18. The quantitative estimate of drug-likeness (QED) is 0.811. The smallest absolute Gasteiger partial charge is 0.223 e. The molecule has 1 N–H and O–H groups in total. The minimum atomic E-state index is -0.0982. The highest BCUT2D eigenvalue weighted by Gasteiger charge is 2.37. The zero-order valence-electron chi connectivity index (χ0n) is 12.4. The van der Waals surface area contributed by atoms with Crippen molar-refractivity contribution in [3.05, 3.63) is 11.7 Å². The van der Waals surface area contributed by atoms with Gasteiger partial charge in [0.15, 0.2) is 5.82 Å². The summed E-state index contributed by atoms with van der Waals surface area (Å²) in [5, 5.41) is 7.82. The van der Waals surface area contributed by atoms with Crippen LogP contribution in [0.1, 0.15) is 63.1 Å². The SMILES string of the molecule is Cc1nc(C2(NCCOC3CCC3)CCCCC2)no1. The predicted octanol–water partition coefficient (Wildman–Crippen LogP) is 2.70. The molecule has 112 valence electrons. The monoisotopic (exact) mass is 279 g/mol. The van der Waals surface area contributed by atoms with E-state index in [9.17, 15) is 0 Å². The van der Waals surface area contributed by atoms with E-state index in [1.54, 1.807) is 0 Å². The maximum Gasteiger partial charge on any atom is 0.223 e. The number of hydrogen-bond acceptors (Lipinski definition) is 5. The van der Waals surface area contributed by atoms with Crippen LogP contribution in [0.3, 0.4) is 0 Å². The Morgan fingerprint density at radius 3 is 2.65 bits per heavy atom. The van der Waals surface area contributed by atoms with E-state index in [-0.39, 0.29) is 5.54 Å². The molecule has 0 atom stereocenters. The number of nitrogens with one attached hydrogen (secondary N) is 1. The van der Waals surface area contributed by atoms with Crippen LogP contribution in [0.15, 0.2) is 4.52 Å². The van der Waals surface area contributed by atoms with Gasteiger partial charge in [-0.15, -0.1) is 0 Å². The normalized spacial score (nSPS) is 22.6. The van der Waals surface area contributed by atoms with Crippen molar-refractivity contribution in [3.63, 3.8) is 0 Å². The first kappa shape index (κ1) is 14.0. The van der Waals surface area contributed by atoms with E-state index < -0.39 is 0 Å². The lowest BCUT2D eigenvalue weighted by Crippen LogP contribution is -2.46. The zero-order valence-corrected chi connectivity index (χ0v) is 12.4. The van der Waals surface area contributed by atoms with Crippen LogP contribution in [-0.2, 0) is 10.3 Å². The maximum absolute atomic E-state index is 5.83. The minimum Gasteiger partial charge on any atom is -0.377 e. The molecule has 0 saturated heterocycles. The van der Waals surface area contributed by atoms with Crippen molar-refractivity contribution in [1.82, 2.24) is 15.5 Å². The summed E-state index contributed by atoms with van der Waals surface area (Å²) in [7, 11) is 0. The fraction of sp³-hybridized carbons (Fsp3) is 0.867. The lowest BCUT2D eigenvalue weighted by atomic mass is 9.81. The molecule has 0 spiro atoms. The Hall–Kier alpha value is -0.940. The van der Waals surface area contributed by atoms with Crippen LogP contribution >= 0.6 is 0 Å². The summed E-state index contributed by atoms with van der Waals surface area (Å²) in [4.78, 5) is 4.47. The van der Waals surface area contributed by atoms with E-state index in [0.29, 0.717) is 12.0 Å². The molecule has 20 heavy (non-hydrogen) atoms. The molecule has 2 saturated carbocycles. The van der Waals surface area contributed by atoms with Gasteiger partial charge in [0.1, 0.15) is 0 Å². The number of rotatable bonds is 6. The molecule has 0 radical (unpaired) electrons. The van der Waals surface area contributed by atoms with Crippen LogP contribution in [0.4, 0.5) is 0 Å². The second kappa shape index (κ2) is 6.22. The number of ether oxygens (including phenoxy) is 1. The molecule has 2 fully saturated rings. The third-order valence-electron chi connectivity index (χ3n) is 4.63. The van der Waals surface area contributed by atoms with E-state index >= 15 is 0 Å². The summed E-state index contributed by atoms with van der Waals surface area (Å²) in [5.74, 6) is 1.48. The summed E-state index contributed by atoms with van der Waals surface area (Å²) < 4.78 is 11.0. The standard InChI is InChI=1S/C15H25N3O2/c1-12-17-14(18-20-12)15(8-3-2-4-9-15)16-10-11-19-13-6-5-7-13/h13,16H,2-11H2,1H3. The largest absolute Gasteiger partial charge is 0.377 e. The van der Waals surface area contributed by atoms with Gasteiger partial charge in [-0.1, -0.05) is 24.4 Å². The molecular formula is C15H25N3O2. The van der Waals surface area contributed by atoms with Crippen LogP contribution in [0.25, 0.3) is 0 Å². The Labute approximate surface area is 120 Å². The van der Waals surface area contributed by atoms with E-state index in [0.717, 1.165) is 31.8 Å². The van der Waals surface area contributed by atoms with Gasteiger partial charge in [-0.25, -0.2) is 0 Å². The fourth-order valence-corrected chi connectivity index (χ4v) is 3.18. The Bertz CT molecular complexity index is 423. The lowest BCUT2D eigenvalue weighted by molar-refractivity contribution is 0.000415. The first-order valence-electron chi connectivity index (χ1n) is 7.96. The molecule has 1 aromatic rings. The molecule has 3 rings (SSSR count). The molecule has 0 aromatic carbocycles. The van der Waals surface area contributed by atoms with Gasteiger partial charge in [0.25, 0.3) is 0 Å². The highest BCUT2D eigenvalue weighted by atomic mass is 16.5. The lowest BCUT2D eigenvalue weighted by Gasteiger charge is -2.36. The van der Waals surface area contributed by atoms with Crippen LogP contribution in [0.2, 0.25) is 0 Å². The average Bonchev–Trinajstić information content (AvgIpc) is 2.85. The molecule has 5 heteroatoms. The molecule has 1 heterocycles. The maximum atomic E-state index is 5.83. The molecular weight excluding hydrogens is 254 g/mol. The van der Waals surface area contributed by atoms with Crippen LogP contribution in [0, 0.1) is 6.92 Å². The predicted molar refractivity (Wildman–Crippen MR) is 75.4 cm³/mol. The third-order valence-corrected chi connectivity index (χ3v) is 4.63. The van der Waals surface area contributed by atoms with Crippen molar-refractivity contribution in [2.75, 3.05) is 13.2 Å². The van der Waals surface area contributed by atoms with Gasteiger partial charge >= 0.3 is 0 Å². The van der Waals surface area contributed by atoms with Crippen LogP contribution < -0.4 is 5.32 Å². The molecule has 0 unspecified atom stereocenters.